The van der Waals surface area contributed by atoms with E-state index in [4.69, 9.17) is 10.5 Å². The molecule has 0 amide bonds. The van der Waals surface area contributed by atoms with Crippen LogP contribution in [0.2, 0.25) is 0 Å². The highest BCUT2D eigenvalue weighted by Gasteiger charge is 2.24. The predicted octanol–water partition coefficient (Wildman–Crippen LogP) is 2.83. The molecule has 0 bridgehead atoms. The quantitative estimate of drug-likeness (QED) is 0.855. The maximum Gasteiger partial charge on any atom is 0.165 e. The summed E-state index contributed by atoms with van der Waals surface area (Å²) in [5, 5.41) is 0. The fraction of sp³-hybridized carbons (Fsp3) is 0.538. The Morgan fingerprint density at radius 2 is 1.94 bits per heavy atom. The predicted molar refractivity (Wildman–Crippen MR) is 63.9 cm³/mol. The number of halogens is 1. The molecule has 0 aromatic heterocycles. The molecule has 0 aliphatic carbocycles. The van der Waals surface area contributed by atoms with Crippen LogP contribution in [0.1, 0.15) is 20.8 Å². The largest absolute Gasteiger partial charge is 0.490 e. The van der Waals surface area contributed by atoms with Crippen LogP contribution in [0.25, 0.3) is 0 Å². The molecule has 0 heterocycles. The summed E-state index contributed by atoms with van der Waals surface area (Å²) in [6, 6.07) is 6.43. The van der Waals surface area contributed by atoms with Gasteiger partial charge in [0.05, 0.1) is 6.61 Å². The van der Waals surface area contributed by atoms with Crippen molar-refractivity contribution >= 4 is 0 Å². The lowest BCUT2D eigenvalue weighted by atomic mass is 9.81. The zero-order valence-corrected chi connectivity index (χ0v) is 10.2. The highest BCUT2D eigenvalue weighted by molar-refractivity contribution is 5.23. The number of ether oxygens (including phenoxy) is 1. The van der Waals surface area contributed by atoms with Crippen LogP contribution in [-0.4, -0.2) is 13.2 Å². The van der Waals surface area contributed by atoms with Gasteiger partial charge in [0.2, 0.25) is 0 Å². The van der Waals surface area contributed by atoms with Crippen LogP contribution in [0, 0.1) is 17.2 Å². The molecule has 16 heavy (non-hydrogen) atoms. The molecule has 0 saturated heterocycles. The molecule has 1 atom stereocenters. The van der Waals surface area contributed by atoms with Gasteiger partial charge in [-0.2, -0.15) is 0 Å². The van der Waals surface area contributed by atoms with Crippen LogP contribution in [0.3, 0.4) is 0 Å². The van der Waals surface area contributed by atoms with E-state index in [0.717, 1.165) is 0 Å². The first-order valence-corrected chi connectivity index (χ1v) is 5.52. The first kappa shape index (κ1) is 13.0. The van der Waals surface area contributed by atoms with E-state index < -0.39 is 0 Å². The van der Waals surface area contributed by atoms with Crippen molar-refractivity contribution in [2.24, 2.45) is 17.1 Å². The Balaban J connectivity index is 2.60. The van der Waals surface area contributed by atoms with Gasteiger partial charge in [0.1, 0.15) is 0 Å². The van der Waals surface area contributed by atoms with Crippen molar-refractivity contribution < 1.29 is 9.13 Å². The van der Waals surface area contributed by atoms with Gasteiger partial charge >= 0.3 is 0 Å². The molecule has 0 fully saturated rings. The molecule has 2 N–H and O–H groups in total. The third-order valence-corrected chi connectivity index (χ3v) is 2.79. The van der Waals surface area contributed by atoms with Gasteiger partial charge in [0.15, 0.2) is 11.6 Å². The van der Waals surface area contributed by atoms with Crippen molar-refractivity contribution in [3.8, 4) is 5.75 Å². The summed E-state index contributed by atoms with van der Waals surface area (Å²) in [6.07, 6.45) is 0. The summed E-state index contributed by atoms with van der Waals surface area (Å²) in [6.45, 7) is 7.30. The van der Waals surface area contributed by atoms with Crippen molar-refractivity contribution in [3.63, 3.8) is 0 Å². The third kappa shape index (κ3) is 3.49. The van der Waals surface area contributed by atoms with E-state index in [9.17, 15) is 4.39 Å². The van der Waals surface area contributed by atoms with E-state index in [1.165, 1.54) is 6.07 Å². The average Bonchev–Trinajstić information content (AvgIpc) is 2.19. The topological polar surface area (TPSA) is 35.2 Å². The van der Waals surface area contributed by atoms with Crippen molar-refractivity contribution in [3.05, 3.63) is 30.1 Å². The molecule has 1 rings (SSSR count). The summed E-state index contributed by atoms with van der Waals surface area (Å²) >= 11 is 0. The third-order valence-electron chi connectivity index (χ3n) is 2.79. The lowest BCUT2D eigenvalue weighted by molar-refractivity contribution is 0.148. The van der Waals surface area contributed by atoms with E-state index in [1.807, 2.05) is 0 Å². The Kier molecular flexibility index (Phi) is 4.30. The smallest absolute Gasteiger partial charge is 0.165 e. The average molecular weight is 225 g/mol. The zero-order chi connectivity index (χ0) is 12.2. The Morgan fingerprint density at radius 3 is 2.44 bits per heavy atom. The second kappa shape index (κ2) is 5.30. The highest BCUT2D eigenvalue weighted by Crippen LogP contribution is 2.26. The first-order valence-electron chi connectivity index (χ1n) is 5.52. The molecule has 0 saturated carbocycles. The maximum atomic E-state index is 13.3. The minimum absolute atomic E-state index is 0.0695. The lowest BCUT2D eigenvalue weighted by Crippen LogP contribution is -2.33. The number of rotatable bonds is 4. The van der Waals surface area contributed by atoms with Gasteiger partial charge < -0.3 is 10.5 Å². The minimum Gasteiger partial charge on any atom is -0.490 e. The standard InChI is InChI=1S/C13H20FNO/c1-13(2,3)10(8-15)9-16-12-7-5-4-6-11(12)14/h4-7,10H,8-9,15H2,1-3H3. The van der Waals surface area contributed by atoms with Crippen LogP contribution in [0.4, 0.5) is 4.39 Å². The van der Waals surface area contributed by atoms with E-state index >= 15 is 0 Å². The molecule has 1 unspecified atom stereocenters. The van der Waals surface area contributed by atoms with Crippen molar-refractivity contribution in [1.29, 1.82) is 0 Å². The molecule has 0 spiro atoms. The van der Waals surface area contributed by atoms with Gasteiger partial charge in [-0.05, 0) is 24.1 Å². The molecule has 0 aliphatic rings. The molecule has 90 valence electrons. The number of hydrogen-bond acceptors (Lipinski definition) is 2. The monoisotopic (exact) mass is 225 g/mol. The fourth-order valence-electron chi connectivity index (χ4n) is 1.42. The lowest BCUT2D eigenvalue weighted by Gasteiger charge is -2.29. The highest BCUT2D eigenvalue weighted by atomic mass is 19.1. The Morgan fingerprint density at radius 1 is 1.31 bits per heavy atom. The summed E-state index contributed by atoms with van der Waals surface area (Å²) < 4.78 is 18.7. The number of para-hydroxylation sites is 1. The van der Waals surface area contributed by atoms with Crippen LogP contribution < -0.4 is 10.5 Å². The summed E-state index contributed by atoms with van der Waals surface area (Å²) in [7, 11) is 0. The number of benzene rings is 1. The van der Waals surface area contributed by atoms with Gasteiger partial charge in [-0.1, -0.05) is 32.9 Å². The van der Waals surface area contributed by atoms with E-state index in [1.54, 1.807) is 18.2 Å². The number of hydrogen-bond donors (Lipinski definition) is 1. The molecule has 0 radical (unpaired) electrons. The van der Waals surface area contributed by atoms with Crippen LogP contribution in [0.5, 0.6) is 5.75 Å². The summed E-state index contributed by atoms with van der Waals surface area (Å²) in [5.41, 5.74) is 5.76. The fourth-order valence-corrected chi connectivity index (χ4v) is 1.42. The van der Waals surface area contributed by atoms with Gasteiger partial charge in [-0.15, -0.1) is 0 Å². The molecule has 1 aromatic carbocycles. The van der Waals surface area contributed by atoms with Crippen LogP contribution >= 0.6 is 0 Å². The first-order chi connectivity index (χ1) is 7.45. The molecular weight excluding hydrogens is 205 g/mol. The molecular formula is C13H20FNO. The Bertz CT molecular complexity index is 333. The number of nitrogens with two attached hydrogens (primary N) is 1. The van der Waals surface area contributed by atoms with E-state index in [2.05, 4.69) is 20.8 Å². The van der Waals surface area contributed by atoms with Gasteiger partial charge in [-0.25, -0.2) is 4.39 Å². The second-order valence-electron chi connectivity index (χ2n) is 5.04. The van der Waals surface area contributed by atoms with Crippen LogP contribution in [-0.2, 0) is 0 Å². The van der Waals surface area contributed by atoms with E-state index in [-0.39, 0.29) is 17.2 Å². The second-order valence-corrected chi connectivity index (χ2v) is 5.04. The minimum atomic E-state index is -0.327. The van der Waals surface area contributed by atoms with Gasteiger partial charge in [0.25, 0.3) is 0 Å². The summed E-state index contributed by atoms with van der Waals surface area (Å²) in [5.74, 6) is 0.185. The van der Waals surface area contributed by atoms with E-state index in [0.29, 0.717) is 18.9 Å². The molecule has 3 heteroatoms. The maximum absolute atomic E-state index is 13.3. The van der Waals surface area contributed by atoms with Crippen molar-refractivity contribution in [2.45, 2.75) is 20.8 Å². The Hall–Kier alpha value is -1.09. The summed E-state index contributed by atoms with van der Waals surface area (Å²) in [4.78, 5) is 0. The van der Waals surface area contributed by atoms with Crippen LogP contribution in [0.15, 0.2) is 24.3 Å². The van der Waals surface area contributed by atoms with Gasteiger partial charge in [-0.3, -0.25) is 0 Å². The van der Waals surface area contributed by atoms with Crippen molar-refractivity contribution in [2.75, 3.05) is 13.2 Å². The zero-order valence-electron chi connectivity index (χ0n) is 10.2. The normalized spacial score (nSPS) is 13.6. The molecule has 1 aromatic rings. The van der Waals surface area contributed by atoms with Crippen molar-refractivity contribution in [1.82, 2.24) is 0 Å². The SMILES string of the molecule is CC(C)(C)C(CN)COc1ccccc1F. The molecule has 0 aliphatic heterocycles. The van der Waals surface area contributed by atoms with Gasteiger partial charge in [0, 0.05) is 5.92 Å². The molecule has 2 nitrogen and oxygen atoms in total. The Labute approximate surface area is 96.6 Å².